The first kappa shape index (κ1) is 2.45. The molecular weight excluding hydrogens is 76.1 g/mol. The maximum absolute atomic E-state index is 6.85. The molecule has 0 spiro atoms. The molecule has 0 atom stereocenters. The summed E-state index contributed by atoms with van der Waals surface area (Å²) >= 11 is 0. The van der Waals surface area contributed by atoms with Crippen molar-refractivity contribution in [1.29, 1.82) is 0 Å². The van der Waals surface area contributed by atoms with E-state index in [4.69, 9.17) is 1.37 Å². The quantitative estimate of drug-likeness (QED) is 0.464. The molecule has 1 aromatic heterocycles. The summed E-state index contributed by atoms with van der Waals surface area (Å²) in [6.07, 6.45) is 1.79. The van der Waals surface area contributed by atoms with E-state index in [1.807, 2.05) is 6.92 Å². The lowest BCUT2D eigenvalue weighted by molar-refractivity contribution is 0.565. The number of hydrogen-bond acceptors (Lipinski definition) is 1. The number of furan rings is 1. The van der Waals surface area contributed by atoms with Crippen molar-refractivity contribution in [3.05, 3.63) is 24.1 Å². The van der Waals surface area contributed by atoms with Crippen molar-refractivity contribution in [2.24, 2.45) is 0 Å². The maximum Gasteiger partial charge on any atom is 0.104 e. The van der Waals surface area contributed by atoms with Crippen LogP contribution >= 0.6 is 0 Å². The highest BCUT2D eigenvalue weighted by Crippen LogP contribution is 1.93. The average molecular weight is 83.1 g/mol. The van der Waals surface area contributed by atoms with E-state index in [0.29, 0.717) is 0 Å². The Morgan fingerprint density at radius 1 is 2.00 bits per heavy atom. The maximum atomic E-state index is 6.85. The molecule has 0 aliphatic rings. The lowest BCUT2D eigenvalue weighted by Gasteiger charge is -1.63. The fraction of sp³-hybridized carbons (Fsp3) is 0.200. The monoisotopic (exact) mass is 83.0 g/mol. The lowest BCUT2D eigenvalue weighted by Crippen LogP contribution is -1.48. The predicted octanol–water partition coefficient (Wildman–Crippen LogP) is 1.59. The van der Waals surface area contributed by atoms with Crippen molar-refractivity contribution in [1.82, 2.24) is 0 Å². The van der Waals surface area contributed by atoms with Crippen LogP contribution in [0.4, 0.5) is 0 Å². The van der Waals surface area contributed by atoms with E-state index in [-0.39, 0.29) is 6.24 Å². The standard InChI is InChI=1S/C5H6O/c1-5-2-3-6-4-5/h2-4H,1H3/i3D. The molecule has 1 heteroatoms. The molecular formula is C5H6O. The SMILES string of the molecule is [2H]c1cc(C)co1. The second-order valence-electron chi connectivity index (χ2n) is 1.24. The largest absolute Gasteiger partial charge is 0.472 e. The van der Waals surface area contributed by atoms with Gasteiger partial charge in [-0.25, -0.2) is 0 Å². The molecule has 1 nitrogen and oxygen atoms in total. The fourth-order valence-corrected chi connectivity index (χ4v) is 0.288. The zero-order valence-electron chi connectivity index (χ0n) is 4.56. The van der Waals surface area contributed by atoms with Crippen molar-refractivity contribution in [3.8, 4) is 0 Å². The van der Waals surface area contributed by atoms with Crippen molar-refractivity contribution in [2.75, 3.05) is 0 Å². The molecule has 1 heterocycles. The summed E-state index contributed by atoms with van der Waals surface area (Å²) in [5, 5.41) is 0. The van der Waals surface area contributed by atoms with Gasteiger partial charge in [-0.3, -0.25) is 0 Å². The molecule has 1 rings (SSSR count). The predicted molar refractivity (Wildman–Crippen MR) is 23.4 cm³/mol. The van der Waals surface area contributed by atoms with E-state index in [9.17, 15) is 0 Å². The van der Waals surface area contributed by atoms with Gasteiger partial charge in [-0.05, 0) is 18.6 Å². The molecule has 1 aromatic rings. The highest BCUT2D eigenvalue weighted by atomic mass is 16.3. The van der Waals surface area contributed by atoms with E-state index < -0.39 is 0 Å². The third kappa shape index (κ3) is 0.432. The molecule has 0 amide bonds. The summed E-state index contributed by atoms with van der Waals surface area (Å²) in [6, 6.07) is 1.67. The molecule has 0 aromatic carbocycles. The van der Waals surface area contributed by atoms with Gasteiger partial charge in [-0.1, -0.05) is 0 Å². The first-order chi connectivity index (χ1) is 3.29. The van der Waals surface area contributed by atoms with Crippen LogP contribution in [0.25, 0.3) is 0 Å². The molecule has 0 N–H and O–H groups in total. The Morgan fingerprint density at radius 2 is 2.83 bits per heavy atom. The van der Waals surface area contributed by atoms with Gasteiger partial charge in [0, 0.05) is 0 Å². The van der Waals surface area contributed by atoms with Gasteiger partial charge in [0.15, 0.2) is 0 Å². The van der Waals surface area contributed by atoms with Crippen LogP contribution < -0.4 is 0 Å². The van der Waals surface area contributed by atoms with E-state index in [1.165, 1.54) is 0 Å². The molecule has 0 radical (unpaired) electrons. The minimum absolute atomic E-state index is 0.234. The van der Waals surface area contributed by atoms with Gasteiger partial charge in [-0.15, -0.1) is 0 Å². The Hall–Kier alpha value is -0.720. The normalized spacial score (nSPS) is 11.2. The second-order valence-corrected chi connectivity index (χ2v) is 1.24. The van der Waals surface area contributed by atoms with Crippen molar-refractivity contribution < 1.29 is 5.79 Å². The summed E-state index contributed by atoms with van der Waals surface area (Å²) in [4.78, 5) is 0. The Morgan fingerprint density at radius 3 is 3.00 bits per heavy atom. The molecule has 0 bridgehead atoms. The first-order valence-electron chi connectivity index (χ1n) is 2.31. The van der Waals surface area contributed by atoms with E-state index in [2.05, 4.69) is 4.42 Å². The van der Waals surface area contributed by atoms with E-state index >= 15 is 0 Å². The van der Waals surface area contributed by atoms with Gasteiger partial charge in [0.2, 0.25) is 0 Å². The minimum Gasteiger partial charge on any atom is -0.472 e. The fourth-order valence-electron chi connectivity index (χ4n) is 0.288. The summed E-state index contributed by atoms with van der Waals surface area (Å²) in [7, 11) is 0. The number of aryl methyl sites for hydroxylation is 1. The summed E-state index contributed by atoms with van der Waals surface area (Å²) in [5.74, 6) is 0. The van der Waals surface area contributed by atoms with Gasteiger partial charge >= 0.3 is 0 Å². The molecule has 0 unspecified atom stereocenters. The highest BCUT2D eigenvalue weighted by Gasteiger charge is 1.75. The van der Waals surface area contributed by atoms with Crippen LogP contribution in [0.3, 0.4) is 0 Å². The Bertz CT molecular complexity index is 140. The van der Waals surface area contributed by atoms with Gasteiger partial charge in [0.05, 0.1) is 12.5 Å². The van der Waals surface area contributed by atoms with Gasteiger partial charge in [0.1, 0.15) is 1.37 Å². The smallest absolute Gasteiger partial charge is 0.104 e. The van der Waals surface area contributed by atoms with E-state index in [0.717, 1.165) is 5.56 Å². The second kappa shape index (κ2) is 1.17. The van der Waals surface area contributed by atoms with Gasteiger partial charge in [-0.2, -0.15) is 0 Å². The summed E-state index contributed by atoms with van der Waals surface area (Å²) in [5.41, 5.74) is 1.00. The molecule has 0 aliphatic carbocycles. The zero-order chi connectivity index (χ0) is 5.28. The van der Waals surface area contributed by atoms with Crippen molar-refractivity contribution in [2.45, 2.75) is 6.92 Å². The topological polar surface area (TPSA) is 13.1 Å². The van der Waals surface area contributed by atoms with Crippen molar-refractivity contribution in [3.63, 3.8) is 0 Å². The van der Waals surface area contributed by atoms with Crippen LogP contribution in [-0.4, -0.2) is 0 Å². The van der Waals surface area contributed by atoms with E-state index in [1.54, 1.807) is 12.3 Å². The third-order valence-corrected chi connectivity index (χ3v) is 0.599. The third-order valence-electron chi connectivity index (χ3n) is 0.599. The Labute approximate surface area is 38.0 Å². The minimum atomic E-state index is 0.234. The van der Waals surface area contributed by atoms with Crippen LogP contribution in [0.15, 0.2) is 23.0 Å². The summed E-state index contributed by atoms with van der Waals surface area (Å²) < 4.78 is 11.5. The Balaban J connectivity index is 3.04. The van der Waals surface area contributed by atoms with Crippen LogP contribution in [0, 0.1) is 6.92 Å². The number of hydrogen-bond donors (Lipinski definition) is 0. The summed E-state index contributed by atoms with van der Waals surface area (Å²) in [6.45, 7) is 1.89. The lowest BCUT2D eigenvalue weighted by atomic mass is 10.4. The molecule has 0 saturated heterocycles. The van der Waals surface area contributed by atoms with Crippen LogP contribution in [0.5, 0.6) is 0 Å². The molecule has 0 fully saturated rings. The number of rotatable bonds is 0. The molecule has 0 saturated carbocycles. The molecule has 6 heavy (non-hydrogen) atoms. The van der Waals surface area contributed by atoms with Gasteiger partial charge in [0.25, 0.3) is 0 Å². The Kier molecular flexibility index (Phi) is 0.477. The highest BCUT2D eigenvalue weighted by molar-refractivity contribution is 5.00. The van der Waals surface area contributed by atoms with Crippen molar-refractivity contribution >= 4 is 0 Å². The average Bonchev–Trinajstić information content (AvgIpc) is 1.87. The zero-order valence-corrected chi connectivity index (χ0v) is 3.56. The van der Waals surface area contributed by atoms with Crippen LogP contribution in [0.1, 0.15) is 6.93 Å². The molecule has 32 valence electrons. The van der Waals surface area contributed by atoms with Crippen LogP contribution in [0.2, 0.25) is 0 Å². The first-order valence-corrected chi connectivity index (χ1v) is 1.81. The van der Waals surface area contributed by atoms with Gasteiger partial charge < -0.3 is 4.42 Å². The van der Waals surface area contributed by atoms with Crippen LogP contribution in [-0.2, 0) is 0 Å². The molecule has 0 aliphatic heterocycles.